The van der Waals surface area contributed by atoms with E-state index in [1.165, 1.54) is 4.90 Å². The molecule has 1 amide bonds. The average molecular weight is 292 g/mol. The van der Waals surface area contributed by atoms with E-state index in [-0.39, 0.29) is 5.91 Å². The standard InChI is InChI=1S/C16H28N4O/c1-12(2)9-14(11-19(3)4)18-13-7-8-17-15(10-13)16(21)20(5)6/h7-8,10,12,14H,9,11H2,1-6H3,(H,17,18). The van der Waals surface area contributed by atoms with Gasteiger partial charge in [0.05, 0.1) is 0 Å². The fraction of sp³-hybridized carbons (Fsp3) is 0.625. The molecular formula is C16H28N4O. The third-order valence-corrected chi connectivity index (χ3v) is 3.10. The van der Waals surface area contributed by atoms with Crippen LogP contribution in [-0.4, -0.2) is 61.5 Å². The number of pyridine rings is 1. The number of aromatic nitrogens is 1. The van der Waals surface area contributed by atoms with Crippen LogP contribution in [0.1, 0.15) is 30.8 Å². The number of carbonyl (C=O) groups excluding carboxylic acids is 1. The van der Waals surface area contributed by atoms with Gasteiger partial charge in [0.15, 0.2) is 0 Å². The number of nitrogens with zero attached hydrogens (tertiary/aromatic N) is 3. The van der Waals surface area contributed by atoms with Crippen molar-refractivity contribution in [2.75, 3.05) is 40.1 Å². The number of rotatable bonds is 7. The highest BCUT2D eigenvalue weighted by Crippen LogP contribution is 2.15. The highest BCUT2D eigenvalue weighted by Gasteiger charge is 2.14. The van der Waals surface area contributed by atoms with Crippen LogP contribution < -0.4 is 5.32 Å². The molecule has 0 saturated carbocycles. The summed E-state index contributed by atoms with van der Waals surface area (Å²) in [5.74, 6) is 0.541. The Balaban J connectivity index is 2.83. The highest BCUT2D eigenvalue weighted by molar-refractivity contribution is 5.92. The third kappa shape index (κ3) is 6.12. The largest absolute Gasteiger partial charge is 0.381 e. The highest BCUT2D eigenvalue weighted by atomic mass is 16.2. The van der Waals surface area contributed by atoms with E-state index in [9.17, 15) is 4.79 Å². The number of likely N-dealkylation sites (N-methyl/N-ethyl adjacent to an activating group) is 1. The first kappa shape index (κ1) is 17.4. The number of carbonyl (C=O) groups is 1. The Kier molecular flexibility index (Phi) is 6.62. The van der Waals surface area contributed by atoms with Gasteiger partial charge >= 0.3 is 0 Å². The maximum Gasteiger partial charge on any atom is 0.272 e. The number of hydrogen-bond donors (Lipinski definition) is 1. The summed E-state index contributed by atoms with van der Waals surface area (Å²) in [7, 11) is 7.61. The molecule has 118 valence electrons. The molecule has 0 bridgehead atoms. The Labute approximate surface area is 128 Å². The minimum Gasteiger partial charge on any atom is -0.381 e. The second-order valence-corrected chi connectivity index (χ2v) is 6.36. The van der Waals surface area contributed by atoms with Gasteiger partial charge in [0.1, 0.15) is 5.69 Å². The fourth-order valence-corrected chi connectivity index (χ4v) is 2.29. The summed E-state index contributed by atoms with van der Waals surface area (Å²) in [5.41, 5.74) is 1.42. The lowest BCUT2D eigenvalue weighted by Gasteiger charge is -2.25. The van der Waals surface area contributed by atoms with Crippen LogP contribution in [0.15, 0.2) is 18.3 Å². The maximum atomic E-state index is 12.0. The lowest BCUT2D eigenvalue weighted by molar-refractivity contribution is 0.0822. The molecule has 1 aromatic heterocycles. The van der Waals surface area contributed by atoms with Gasteiger partial charge in [-0.05, 0) is 38.6 Å². The summed E-state index contributed by atoms with van der Waals surface area (Å²) >= 11 is 0. The van der Waals surface area contributed by atoms with Gasteiger partial charge < -0.3 is 15.1 Å². The molecule has 0 fully saturated rings. The van der Waals surface area contributed by atoms with Gasteiger partial charge in [-0.25, -0.2) is 0 Å². The molecule has 0 saturated heterocycles. The molecular weight excluding hydrogens is 264 g/mol. The molecule has 1 heterocycles. The van der Waals surface area contributed by atoms with Crippen molar-refractivity contribution in [3.63, 3.8) is 0 Å². The van der Waals surface area contributed by atoms with Gasteiger partial charge in [-0.15, -0.1) is 0 Å². The minimum absolute atomic E-state index is 0.0772. The van der Waals surface area contributed by atoms with E-state index in [1.54, 1.807) is 20.3 Å². The molecule has 1 N–H and O–H groups in total. The molecule has 0 spiro atoms. The van der Waals surface area contributed by atoms with E-state index in [4.69, 9.17) is 0 Å². The molecule has 5 heteroatoms. The molecule has 0 aliphatic heterocycles. The SMILES string of the molecule is CC(C)CC(CN(C)C)Nc1ccnc(C(=O)N(C)C)c1. The zero-order valence-electron chi connectivity index (χ0n) is 14.1. The van der Waals surface area contributed by atoms with Gasteiger partial charge in [-0.3, -0.25) is 9.78 Å². The van der Waals surface area contributed by atoms with E-state index in [1.807, 2.05) is 12.1 Å². The first-order valence-corrected chi connectivity index (χ1v) is 7.38. The van der Waals surface area contributed by atoms with Crippen molar-refractivity contribution in [3.8, 4) is 0 Å². The van der Waals surface area contributed by atoms with Gasteiger partial charge in [-0.1, -0.05) is 13.8 Å². The Morgan fingerprint density at radius 3 is 2.48 bits per heavy atom. The van der Waals surface area contributed by atoms with Crippen LogP contribution in [0.5, 0.6) is 0 Å². The average Bonchev–Trinajstić information content (AvgIpc) is 2.36. The Morgan fingerprint density at radius 2 is 1.95 bits per heavy atom. The second-order valence-electron chi connectivity index (χ2n) is 6.36. The van der Waals surface area contributed by atoms with Crippen molar-refractivity contribution in [2.45, 2.75) is 26.3 Å². The minimum atomic E-state index is -0.0772. The van der Waals surface area contributed by atoms with Crippen molar-refractivity contribution in [1.82, 2.24) is 14.8 Å². The van der Waals surface area contributed by atoms with Crippen LogP contribution in [0.25, 0.3) is 0 Å². The number of amides is 1. The number of nitrogens with one attached hydrogen (secondary N) is 1. The van der Waals surface area contributed by atoms with Crippen LogP contribution in [0.2, 0.25) is 0 Å². The molecule has 1 rings (SSSR count). The number of anilines is 1. The van der Waals surface area contributed by atoms with Crippen LogP contribution in [0, 0.1) is 5.92 Å². The van der Waals surface area contributed by atoms with Crippen LogP contribution >= 0.6 is 0 Å². The Morgan fingerprint density at radius 1 is 1.29 bits per heavy atom. The van der Waals surface area contributed by atoms with Gasteiger partial charge in [-0.2, -0.15) is 0 Å². The lowest BCUT2D eigenvalue weighted by atomic mass is 10.0. The molecule has 1 atom stereocenters. The van der Waals surface area contributed by atoms with Crippen molar-refractivity contribution in [1.29, 1.82) is 0 Å². The van der Waals surface area contributed by atoms with Crippen molar-refractivity contribution in [2.24, 2.45) is 5.92 Å². The van der Waals surface area contributed by atoms with Crippen LogP contribution in [-0.2, 0) is 0 Å². The molecule has 0 aliphatic carbocycles. The molecule has 21 heavy (non-hydrogen) atoms. The summed E-state index contributed by atoms with van der Waals surface area (Å²) in [6, 6.07) is 4.09. The first-order chi connectivity index (χ1) is 9.79. The fourth-order valence-electron chi connectivity index (χ4n) is 2.29. The summed E-state index contributed by atoms with van der Waals surface area (Å²) in [5, 5.41) is 3.52. The maximum absolute atomic E-state index is 12.0. The van der Waals surface area contributed by atoms with Gasteiger partial charge in [0.25, 0.3) is 5.91 Å². The Bertz CT molecular complexity index is 447. The molecule has 5 nitrogen and oxygen atoms in total. The molecule has 0 aromatic carbocycles. The molecule has 0 radical (unpaired) electrons. The van der Waals surface area contributed by atoms with Gasteiger partial charge in [0.2, 0.25) is 0 Å². The van der Waals surface area contributed by atoms with E-state index in [0.29, 0.717) is 17.7 Å². The molecule has 1 aromatic rings. The van der Waals surface area contributed by atoms with Crippen molar-refractivity contribution < 1.29 is 4.79 Å². The first-order valence-electron chi connectivity index (χ1n) is 7.38. The Hall–Kier alpha value is -1.62. The zero-order chi connectivity index (χ0) is 16.0. The summed E-state index contributed by atoms with van der Waals surface area (Å²) in [6.07, 6.45) is 2.76. The van der Waals surface area contributed by atoms with E-state index >= 15 is 0 Å². The van der Waals surface area contributed by atoms with Crippen molar-refractivity contribution in [3.05, 3.63) is 24.0 Å². The van der Waals surface area contributed by atoms with Crippen LogP contribution in [0.3, 0.4) is 0 Å². The van der Waals surface area contributed by atoms with Crippen LogP contribution in [0.4, 0.5) is 5.69 Å². The van der Waals surface area contributed by atoms with E-state index < -0.39 is 0 Å². The second kappa shape index (κ2) is 7.98. The van der Waals surface area contributed by atoms with Gasteiger partial charge in [0, 0.05) is 38.6 Å². The summed E-state index contributed by atoms with van der Waals surface area (Å²) in [4.78, 5) is 19.8. The monoisotopic (exact) mass is 292 g/mol. The zero-order valence-corrected chi connectivity index (χ0v) is 14.1. The predicted octanol–water partition coefficient (Wildman–Crippen LogP) is 2.17. The topological polar surface area (TPSA) is 48.5 Å². The summed E-state index contributed by atoms with van der Waals surface area (Å²) in [6.45, 7) is 5.40. The summed E-state index contributed by atoms with van der Waals surface area (Å²) < 4.78 is 0. The quantitative estimate of drug-likeness (QED) is 0.837. The van der Waals surface area contributed by atoms with E-state index in [0.717, 1.165) is 18.7 Å². The predicted molar refractivity (Wildman–Crippen MR) is 87.7 cm³/mol. The normalized spacial score (nSPS) is 12.6. The lowest BCUT2D eigenvalue weighted by Crippen LogP contribution is -2.33. The molecule has 1 unspecified atom stereocenters. The third-order valence-electron chi connectivity index (χ3n) is 3.10. The molecule has 0 aliphatic rings. The van der Waals surface area contributed by atoms with E-state index in [2.05, 4.69) is 43.1 Å². The number of hydrogen-bond acceptors (Lipinski definition) is 4. The van der Waals surface area contributed by atoms with Crippen molar-refractivity contribution >= 4 is 11.6 Å². The smallest absolute Gasteiger partial charge is 0.272 e.